The number of hydrogen-bond donors (Lipinski definition) is 0. The van der Waals surface area contributed by atoms with Gasteiger partial charge in [0.1, 0.15) is 0 Å². The van der Waals surface area contributed by atoms with Crippen LogP contribution in [0, 0.1) is 5.92 Å². The molecule has 0 spiro atoms. The van der Waals surface area contributed by atoms with Crippen molar-refractivity contribution in [1.29, 1.82) is 0 Å². The molecule has 6 heteroatoms. The summed E-state index contributed by atoms with van der Waals surface area (Å²) in [6, 6.07) is 0.106. The maximum Gasteiger partial charge on any atom is 0.320 e. The van der Waals surface area contributed by atoms with Crippen LogP contribution >= 0.6 is 0 Å². The molecule has 0 saturated carbocycles. The molecule has 0 radical (unpaired) electrons. The number of carbonyl (C=O) groups excluding carboxylic acids is 1. The number of hydrogen-bond acceptors (Lipinski definition) is 2. The lowest BCUT2D eigenvalue weighted by Gasteiger charge is -2.38. The maximum absolute atomic E-state index is 13.3. The third-order valence-electron chi connectivity index (χ3n) is 5.29. The van der Waals surface area contributed by atoms with Crippen LogP contribution in [0.3, 0.4) is 0 Å². The van der Waals surface area contributed by atoms with E-state index in [4.69, 9.17) is 0 Å². The Labute approximate surface area is 125 Å². The predicted octanol–water partition coefficient (Wildman–Crippen LogP) is 2.25. The first-order valence-electron chi connectivity index (χ1n) is 8.08. The number of likely N-dealkylation sites (tertiary alicyclic amines) is 3. The zero-order valence-electron chi connectivity index (χ0n) is 12.7. The topological polar surface area (TPSA) is 26.8 Å². The Morgan fingerprint density at radius 3 is 2.43 bits per heavy atom. The second-order valence-corrected chi connectivity index (χ2v) is 6.85. The minimum Gasteiger partial charge on any atom is -0.321 e. The Bertz CT molecular complexity index is 396. The van der Waals surface area contributed by atoms with Crippen LogP contribution in [0.2, 0.25) is 0 Å². The Balaban J connectivity index is 1.62. The number of nitrogens with zero attached hydrogens (tertiary/aromatic N) is 3. The van der Waals surface area contributed by atoms with Gasteiger partial charge in [-0.15, -0.1) is 0 Å². The van der Waals surface area contributed by atoms with E-state index in [1.165, 1.54) is 4.90 Å². The minimum absolute atomic E-state index is 0.159. The Kier molecular flexibility index (Phi) is 4.08. The maximum atomic E-state index is 13.3. The van der Waals surface area contributed by atoms with Crippen molar-refractivity contribution in [1.82, 2.24) is 14.7 Å². The molecule has 3 aliphatic rings. The van der Waals surface area contributed by atoms with Crippen molar-refractivity contribution in [2.45, 2.75) is 44.1 Å². The number of halogens is 2. The van der Waals surface area contributed by atoms with Gasteiger partial charge < -0.3 is 14.7 Å². The van der Waals surface area contributed by atoms with Crippen LogP contribution in [0.15, 0.2) is 0 Å². The standard InChI is InChI=1S/C15H25F2N3O/c1-18-8-4-12(5-9-18)13-3-2-7-20(13)14(21)19-10-6-15(16,17)11-19/h12-13H,2-11H2,1H3/t13-/m0/s1. The number of urea groups is 1. The molecule has 3 heterocycles. The fourth-order valence-corrected chi connectivity index (χ4v) is 4.01. The number of rotatable bonds is 1. The average molecular weight is 301 g/mol. The molecule has 0 aromatic rings. The lowest BCUT2D eigenvalue weighted by molar-refractivity contribution is 0.0130. The molecule has 0 aromatic heterocycles. The number of piperidine rings is 1. The molecule has 0 unspecified atom stereocenters. The van der Waals surface area contributed by atoms with Gasteiger partial charge in [-0.2, -0.15) is 0 Å². The highest BCUT2D eigenvalue weighted by atomic mass is 19.3. The molecular weight excluding hydrogens is 276 g/mol. The molecule has 0 aliphatic carbocycles. The second kappa shape index (κ2) is 5.71. The molecule has 4 nitrogen and oxygen atoms in total. The first kappa shape index (κ1) is 15.0. The van der Waals surface area contributed by atoms with Crippen molar-refractivity contribution < 1.29 is 13.6 Å². The highest BCUT2D eigenvalue weighted by Gasteiger charge is 2.44. The zero-order chi connectivity index (χ0) is 15.0. The predicted molar refractivity (Wildman–Crippen MR) is 76.5 cm³/mol. The first-order valence-corrected chi connectivity index (χ1v) is 8.08. The second-order valence-electron chi connectivity index (χ2n) is 6.85. The van der Waals surface area contributed by atoms with Gasteiger partial charge in [-0.05, 0) is 51.7 Å². The van der Waals surface area contributed by atoms with Crippen molar-refractivity contribution in [2.24, 2.45) is 5.92 Å². The number of amides is 2. The number of carbonyl (C=O) groups is 1. The average Bonchev–Trinajstić information content (AvgIpc) is 3.05. The summed E-state index contributed by atoms with van der Waals surface area (Å²) in [4.78, 5) is 18.1. The van der Waals surface area contributed by atoms with E-state index in [1.807, 2.05) is 4.90 Å². The van der Waals surface area contributed by atoms with Crippen LogP contribution in [0.1, 0.15) is 32.1 Å². The van der Waals surface area contributed by atoms with Gasteiger partial charge in [0, 0.05) is 25.6 Å². The van der Waals surface area contributed by atoms with E-state index in [-0.39, 0.29) is 25.0 Å². The quantitative estimate of drug-likeness (QED) is 0.743. The summed E-state index contributed by atoms with van der Waals surface area (Å²) in [6.45, 7) is 2.68. The fraction of sp³-hybridized carbons (Fsp3) is 0.933. The van der Waals surface area contributed by atoms with E-state index in [9.17, 15) is 13.6 Å². The first-order chi connectivity index (χ1) is 9.96. The van der Waals surface area contributed by atoms with Gasteiger partial charge in [-0.25, -0.2) is 13.6 Å². The summed E-state index contributed by atoms with van der Waals surface area (Å²) in [7, 11) is 2.13. The van der Waals surface area contributed by atoms with Crippen molar-refractivity contribution in [2.75, 3.05) is 39.8 Å². The molecule has 120 valence electrons. The molecular formula is C15H25F2N3O. The van der Waals surface area contributed by atoms with Gasteiger partial charge in [0.15, 0.2) is 0 Å². The molecule has 21 heavy (non-hydrogen) atoms. The summed E-state index contributed by atoms with van der Waals surface area (Å²) < 4.78 is 26.6. The van der Waals surface area contributed by atoms with Crippen molar-refractivity contribution >= 4 is 6.03 Å². The van der Waals surface area contributed by atoms with Gasteiger partial charge in [0.05, 0.1) is 6.54 Å². The lowest BCUT2D eigenvalue weighted by Crippen LogP contribution is -2.49. The van der Waals surface area contributed by atoms with Crippen LogP contribution < -0.4 is 0 Å². The van der Waals surface area contributed by atoms with Gasteiger partial charge in [0.25, 0.3) is 5.92 Å². The summed E-state index contributed by atoms with van der Waals surface area (Å²) >= 11 is 0. The van der Waals surface area contributed by atoms with Crippen LogP contribution in [0.25, 0.3) is 0 Å². The van der Waals surface area contributed by atoms with Crippen molar-refractivity contribution in [3.8, 4) is 0 Å². The van der Waals surface area contributed by atoms with Crippen molar-refractivity contribution in [3.05, 3.63) is 0 Å². The molecule has 0 bridgehead atoms. The molecule has 3 fully saturated rings. The molecule has 3 rings (SSSR count). The summed E-state index contributed by atoms with van der Waals surface area (Å²) in [5.74, 6) is -2.16. The monoisotopic (exact) mass is 301 g/mol. The summed E-state index contributed by atoms with van der Waals surface area (Å²) in [6.07, 6.45) is 4.07. The smallest absolute Gasteiger partial charge is 0.320 e. The van der Waals surface area contributed by atoms with E-state index in [2.05, 4.69) is 11.9 Å². The van der Waals surface area contributed by atoms with Crippen LogP contribution in [0.5, 0.6) is 0 Å². The summed E-state index contributed by atoms with van der Waals surface area (Å²) in [5, 5.41) is 0. The third kappa shape index (κ3) is 3.15. The number of alkyl halides is 2. The van der Waals surface area contributed by atoms with Gasteiger partial charge in [-0.3, -0.25) is 0 Å². The summed E-state index contributed by atoms with van der Waals surface area (Å²) in [5.41, 5.74) is 0. The molecule has 0 aromatic carbocycles. The van der Waals surface area contributed by atoms with E-state index in [1.54, 1.807) is 0 Å². The minimum atomic E-state index is -2.70. The van der Waals surface area contributed by atoms with Crippen LogP contribution in [0.4, 0.5) is 13.6 Å². The van der Waals surface area contributed by atoms with Crippen molar-refractivity contribution in [3.63, 3.8) is 0 Å². The highest BCUT2D eigenvalue weighted by molar-refractivity contribution is 5.75. The lowest BCUT2D eigenvalue weighted by atomic mass is 9.88. The molecule has 0 N–H and O–H groups in total. The Morgan fingerprint density at radius 2 is 1.81 bits per heavy atom. The van der Waals surface area contributed by atoms with E-state index in [0.717, 1.165) is 45.3 Å². The Hall–Kier alpha value is -0.910. The molecule has 3 aliphatic heterocycles. The molecule has 1 atom stereocenters. The highest BCUT2D eigenvalue weighted by Crippen LogP contribution is 2.33. The molecule has 2 amide bonds. The van der Waals surface area contributed by atoms with E-state index in [0.29, 0.717) is 5.92 Å². The van der Waals surface area contributed by atoms with Gasteiger partial charge in [-0.1, -0.05) is 0 Å². The van der Waals surface area contributed by atoms with Crippen LogP contribution in [-0.4, -0.2) is 72.5 Å². The largest absolute Gasteiger partial charge is 0.321 e. The molecule has 3 saturated heterocycles. The SMILES string of the molecule is CN1CCC([C@@H]2CCCN2C(=O)N2CCC(F)(F)C2)CC1. The van der Waals surface area contributed by atoms with Gasteiger partial charge >= 0.3 is 6.03 Å². The van der Waals surface area contributed by atoms with Gasteiger partial charge in [0.2, 0.25) is 0 Å². The van der Waals surface area contributed by atoms with Crippen LogP contribution in [-0.2, 0) is 0 Å². The third-order valence-corrected chi connectivity index (χ3v) is 5.29. The zero-order valence-corrected chi connectivity index (χ0v) is 12.7. The van der Waals surface area contributed by atoms with E-state index < -0.39 is 12.5 Å². The van der Waals surface area contributed by atoms with E-state index >= 15 is 0 Å². The Morgan fingerprint density at radius 1 is 1.10 bits per heavy atom. The fourth-order valence-electron chi connectivity index (χ4n) is 4.01. The normalized spacial score (nSPS) is 31.1.